The molecule has 0 saturated carbocycles. The maximum Gasteiger partial charge on any atom is 0.0369 e. The highest BCUT2D eigenvalue weighted by atomic mass is 14.9. The Balaban J connectivity index is 2.05. The largest absolute Gasteiger partial charge is 0.385 e. The standard InChI is InChI=1S/C15H25N/c1-3-4-5-6-7-10-13-16-15-12-9-8-11-14(15)2/h8-9,11-12,16H,3-7,10,13H2,1-2H3. The molecule has 0 spiro atoms. The van der Waals surface area contributed by atoms with Crippen LogP contribution in [0.4, 0.5) is 5.69 Å². The van der Waals surface area contributed by atoms with Gasteiger partial charge in [0.25, 0.3) is 0 Å². The van der Waals surface area contributed by atoms with Crippen LogP contribution in [0.25, 0.3) is 0 Å². The van der Waals surface area contributed by atoms with Crippen molar-refractivity contribution < 1.29 is 0 Å². The molecular formula is C15H25N. The SMILES string of the molecule is CCCCCCCCNc1ccccc1C. The Labute approximate surface area is 100 Å². The molecule has 1 N–H and O–H groups in total. The monoisotopic (exact) mass is 219 g/mol. The molecule has 0 amide bonds. The summed E-state index contributed by atoms with van der Waals surface area (Å²) in [5.41, 5.74) is 2.63. The number of anilines is 1. The van der Waals surface area contributed by atoms with Crippen molar-refractivity contribution in [2.45, 2.75) is 52.4 Å². The second kappa shape index (κ2) is 8.20. The number of para-hydroxylation sites is 1. The maximum absolute atomic E-state index is 3.50. The minimum Gasteiger partial charge on any atom is -0.385 e. The van der Waals surface area contributed by atoms with Crippen molar-refractivity contribution in [2.75, 3.05) is 11.9 Å². The van der Waals surface area contributed by atoms with Crippen molar-refractivity contribution in [3.63, 3.8) is 0 Å². The third-order valence-electron chi connectivity index (χ3n) is 2.99. The summed E-state index contributed by atoms with van der Waals surface area (Å²) in [5, 5.41) is 3.50. The van der Waals surface area contributed by atoms with Crippen molar-refractivity contribution >= 4 is 5.69 Å². The van der Waals surface area contributed by atoms with Crippen molar-refractivity contribution in [3.05, 3.63) is 29.8 Å². The Morgan fingerprint density at radius 1 is 0.938 bits per heavy atom. The van der Waals surface area contributed by atoms with Crippen molar-refractivity contribution in [1.82, 2.24) is 0 Å². The zero-order valence-corrected chi connectivity index (χ0v) is 10.8. The smallest absolute Gasteiger partial charge is 0.0369 e. The molecule has 0 aliphatic rings. The van der Waals surface area contributed by atoms with Gasteiger partial charge in [-0.2, -0.15) is 0 Å². The van der Waals surface area contributed by atoms with Crippen molar-refractivity contribution in [2.24, 2.45) is 0 Å². The normalized spacial score (nSPS) is 10.4. The quantitative estimate of drug-likeness (QED) is 0.621. The number of nitrogens with one attached hydrogen (secondary N) is 1. The van der Waals surface area contributed by atoms with Crippen LogP contribution in [-0.4, -0.2) is 6.54 Å². The van der Waals surface area contributed by atoms with Gasteiger partial charge in [-0.05, 0) is 25.0 Å². The lowest BCUT2D eigenvalue weighted by Crippen LogP contribution is -2.02. The van der Waals surface area contributed by atoms with Crippen LogP contribution in [0.2, 0.25) is 0 Å². The van der Waals surface area contributed by atoms with Gasteiger partial charge in [-0.1, -0.05) is 57.2 Å². The fourth-order valence-corrected chi connectivity index (χ4v) is 1.90. The summed E-state index contributed by atoms with van der Waals surface area (Å²) in [4.78, 5) is 0. The van der Waals surface area contributed by atoms with E-state index in [2.05, 4.69) is 43.4 Å². The molecule has 1 heteroatoms. The minimum atomic E-state index is 1.11. The Bertz CT molecular complexity index is 281. The molecule has 0 aromatic heterocycles. The molecule has 0 atom stereocenters. The molecule has 0 aliphatic carbocycles. The van der Waals surface area contributed by atoms with Crippen LogP contribution in [0.5, 0.6) is 0 Å². The van der Waals surface area contributed by atoms with Gasteiger partial charge < -0.3 is 5.32 Å². The summed E-state index contributed by atoms with van der Waals surface area (Å²) < 4.78 is 0. The van der Waals surface area contributed by atoms with E-state index in [4.69, 9.17) is 0 Å². The summed E-state index contributed by atoms with van der Waals surface area (Å²) in [6.07, 6.45) is 8.17. The zero-order valence-electron chi connectivity index (χ0n) is 10.8. The Morgan fingerprint density at radius 3 is 2.38 bits per heavy atom. The summed E-state index contributed by atoms with van der Waals surface area (Å²) in [5.74, 6) is 0. The fraction of sp³-hybridized carbons (Fsp3) is 0.600. The molecule has 1 aromatic carbocycles. The van der Waals surface area contributed by atoms with Crippen LogP contribution < -0.4 is 5.32 Å². The second-order valence-electron chi connectivity index (χ2n) is 4.51. The first-order valence-electron chi connectivity index (χ1n) is 6.64. The fourth-order valence-electron chi connectivity index (χ4n) is 1.90. The lowest BCUT2D eigenvalue weighted by Gasteiger charge is -2.08. The third kappa shape index (κ3) is 5.20. The lowest BCUT2D eigenvalue weighted by molar-refractivity contribution is 0.617. The zero-order chi connectivity index (χ0) is 11.6. The number of hydrogen-bond donors (Lipinski definition) is 1. The topological polar surface area (TPSA) is 12.0 Å². The summed E-state index contributed by atoms with van der Waals surface area (Å²) >= 11 is 0. The molecule has 0 unspecified atom stereocenters. The van der Waals surface area contributed by atoms with Gasteiger partial charge in [0.2, 0.25) is 0 Å². The Kier molecular flexibility index (Phi) is 6.71. The molecular weight excluding hydrogens is 194 g/mol. The summed E-state index contributed by atoms with van der Waals surface area (Å²) in [7, 11) is 0. The van der Waals surface area contributed by atoms with Gasteiger partial charge in [0.05, 0.1) is 0 Å². The van der Waals surface area contributed by atoms with Gasteiger partial charge in [0, 0.05) is 12.2 Å². The highest BCUT2D eigenvalue weighted by molar-refractivity contribution is 5.49. The maximum atomic E-state index is 3.50. The van der Waals surface area contributed by atoms with E-state index >= 15 is 0 Å². The predicted molar refractivity (Wildman–Crippen MR) is 73.0 cm³/mol. The Morgan fingerprint density at radius 2 is 1.62 bits per heavy atom. The lowest BCUT2D eigenvalue weighted by atomic mass is 10.1. The van der Waals surface area contributed by atoms with Gasteiger partial charge in [-0.15, -0.1) is 0 Å². The van der Waals surface area contributed by atoms with E-state index in [-0.39, 0.29) is 0 Å². The number of rotatable bonds is 8. The van der Waals surface area contributed by atoms with E-state index in [9.17, 15) is 0 Å². The van der Waals surface area contributed by atoms with Crippen LogP contribution in [0.15, 0.2) is 24.3 Å². The highest BCUT2D eigenvalue weighted by Crippen LogP contribution is 2.13. The summed E-state index contributed by atoms with van der Waals surface area (Å²) in [6.45, 7) is 5.53. The van der Waals surface area contributed by atoms with Crippen molar-refractivity contribution in [3.8, 4) is 0 Å². The number of hydrogen-bond acceptors (Lipinski definition) is 1. The number of unbranched alkanes of at least 4 members (excludes halogenated alkanes) is 5. The number of benzene rings is 1. The van der Waals surface area contributed by atoms with Gasteiger partial charge >= 0.3 is 0 Å². The van der Waals surface area contributed by atoms with Gasteiger partial charge in [-0.25, -0.2) is 0 Å². The van der Waals surface area contributed by atoms with Gasteiger partial charge in [-0.3, -0.25) is 0 Å². The molecule has 0 aliphatic heterocycles. The first-order chi connectivity index (χ1) is 7.84. The molecule has 0 bridgehead atoms. The molecule has 0 fully saturated rings. The van der Waals surface area contributed by atoms with E-state index in [1.165, 1.54) is 49.8 Å². The average molecular weight is 219 g/mol. The predicted octanol–water partition coefficient (Wildman–Crippen LogP) is 4.77. The van der Waals surface area contributed by atoms with E-state index in [0.717, 1.165) is 6.54 Å². The molecule has 0 saturated heterocycles. The van der Waals surface area contributed by atoms with Crippen molar-refractivity contribution in [1.29, 1.82) is 0 Å². The first kappa shape index (κ1) is 13.1. The molecule has 90 valence electrons. The first-order valence-corrected chi connectivity index (χ1v) is 6.64. The van der Waals surface area contributed by atoms with E-state index in [1.807, 2.05) is 0 Å². The Hall–Kier alpha value is -0.980. The highest BCUT2D eigenvalue weighted by Gasteiger charge is 1.95. The molecule has 0 heterocycles. The number of aryl methyl sites for hydroxylation is 1. The van der Waals surface area contributed by atoms with E-state index in [1.54, 1.807) is 0 Å². The second-order valence-corrected chi connectivity index (χ2v) is 4.51. The van der Waals surface area contributed by atoms with E-state index in [0.29, 0.717) is 0 Å². The molecule has 1 nitrogen and oxygen atoms in total. The van der Waals surface area contributed by atoms with Crippen LogP contribution in [0.3, 0.4) is 0 Å². The van der Waals surface area contributed by atoms with Gasteiger partial charge in [0.15, 0.2) is 0 Å². The van der Waals surface area contributed by atoms with E-state index < -0.39 is 0 Å². The minimum absolute atomic E-state index is 1.11. The van der Waals surface area contributed by atoms with Crippen LogP contribution in [0.1, 0.15) is 51.0 Å². The van der Waals surface area contributed by atoms with Crippen LogP contribution >= 0.6 is 0 Å². The van der Waals surface area contributed by atoms with Crippen LogP contribution in [-0.2, 0) is 0 Å². The third-order valence-corrected chi connectivity index (χ3v) is 2.99. The molecule has 0 radical (unpaired) electrons. The van der Waals surface area contributed by atoms with Gasteiger partial charge in [0.1, 0.15) is 0 Å². The molecule has 1 aromatic rings. The molecule has 16 heavy (non-hydrogen) atoms. The average Bonchev–Trinajstić information content (AvgIpc) is 2.30. The van der Waals surface area contributed by atoms with Crippen LogP contribution in [0, 0.1) is 6.92 Å². The molecule has 1 rings (SSSR count). The summed E-state index contributed by atoms with van der Waals surface area (Å²) in [6, 6.07) is 8.50.